The van der Waals surface area contributed by atoms with Crippen LogP contribution in [0.1, 0.15) is 21.7 Å². The van der Waals surface area contributed by atoms with Crippen LogP contribution in [0.25, 0.3) is 21.7 Å². The number of nitrogens with one attached hydrogen (secondary N) is 1. The molecule has 5 rings (SSSR count). The summed E-state index contributed by atoms with van der Waals surface area (Å²) in [4.78, 5) is 22.8. The lowest BCUT2D eigenvalue weighted by Gasteiger charge is -2.12. The van der Waals surface area contributed by atoms with Gasteiger partial charge in [-0.1, -0.05) is 36.4 Å². The van der Waals surface area contributed by atoms with E-state index in [1.807, 2.05) is 18.2 Å². The molecule has 0 aliphatic carbocycles. The third kappa shape index (κ3) is 5.25. The lowest BCUT2D eigenvalue weighted by Crippen LogP contribution is -2.16. The van der Waals surface area contributed by atoms with Gasteiger partial charge in [-0.05, 0) is 58.3 Å². The number of furan rings is 1. The summed E-state index contributed by atoms with van der Waals surface area (Å²) in [6.07, 6.45) is 1.46. The zero-order valence-corrected chi connectivity index (χ0v) is 19.7. The first-order chi connectivity index (χ1) is 18.0. The fourth-order valence-electron chi connectivity index (χ4n) is 3.85. The fraction of sp³-hybridized carbons (Fsp3) is 0.0714. The number of nitrogens with zero attached hydrogens (tertiary/aromatic N) is 2. The van der Waals surface area contributed by atoms with Crippen LogP contribution in [0.15, 0.2) is 94.4 Å². The van der Waals surface area contributed by atoms with Gasteiger partial charge < -0.3 is 13.9 Å². The van der Waals surface area contributed by atoms with Gasteiger partial charge in [-0.2, -0.15) is 5.10 Å². The van der Waals surface area contributed by atoms with Gasteiger partial charge in [0.05, 0.1) is 18.2 Å². The van der Waals surface area contributed by atoms with Crippen LogP contribution in [0, 0.1) is 10.1 Å². The minimum atomic E-state index is -0.586. The number of hydrogen-bond acceptors (Lipinski definition) is 7. The molecule has 0 bridgehead atoms. The van der Waals surface area contributed by atoms with Gasteiger partial charge in [0.25, 0.3) is 5.69 Å². The first-order valence-electron chi connectivity index (χ1n) is 11.3. The number of carbonyl (C=O) groups is 1. The monoisotopic (exact) mass is 495 g/mol. The van der Waals surface area contributed by atoms with Crippen molar-refractivity contribution < 1.29 is 23.6 Å². The molecule has 0 fully saturated rings. The van der Waals surface area contributed by atoms with Crippen molar-refractivity contribution in [1.82, 2.24) is 5.43 Å². The molecule has 1 aromatic heterocycles. The summed E-state index contributed by atoms with van der Waals surface area (Å²) in [6, 6.07) is 25.2. The minimum absolute atomic E-state index is 0.0114. The lowest BCUT2D eigenvalue weighted by atomic mass is 10.1. The van der Waals surface area contributed by atoms with E-state index in [1.165, 1.54) is 35.9 Å². The minimum Gasteiger partial charge on any atom is -0.493 e. The fourth-order valence-corrected chi connectivity index (χ4v) is 3.85. The third-order valence-electron chi connectivity index (χ3n) is 5.71. The third-order valence-corrected chi connectivity index (χ3v) is 5.71. The number of ether oxygens (including phenoxy) is 2. The van der Waals surface area contributed by atoms with Crippen LogP contribution >= 0.6 is 0 Å². The number of hydrazone groups is 1. The van der Waals surface area contributed by atoms with Crippen LogP contribution < -0.4 is 14.9 Å². The average molecular weight is 495 g/mol. The molecule has 0 aliphatic rings. The Kier molecular flexibility index (Phi) is 6.50. The largest absolute Gasteiger partial charge is 0.493 e. The summed E-state index contributed by atoms with van der Waals surface area (Å²) in [5, 5.41) is 17.7. The number of fused-ring (bicyclic) bond motifs is 2. The van der Waals surface area contributed by atoms with E-state index in [9.17, 15) is 14.9 Å². The van der Waals surface area contributed by atoms with Crippen molar-refractivity contribution in [2.45, 2.75) is 6.61 Å². The number of carbonyl (C=O) groups excluding carboxylic acids is 1. The zero-order valence-electron chi connectivity index (χ0n) is 19.7. The highest BCUT2D eigenvalue weighted by Gasteiger charge is 2.14. The van der Waals surface area contributed by atoms with Gasteiger partial charge in [0.15, 0.2) is 17.3 Å². The maximum absolute atomic E-state index is 12.4. The summed E-state index contributed by atoms with van der Waals surface area (Å²) < 4.78 is 16.9. The van der Waals surface area contributed by atoms with E-state index in [0.29, 0.717) is 34.6 Å². The molecule has 0 spiro atoms. The predicted octanol–water partition coefficient (Wildman–Crippen LogP) is 5.85. The maximum atomic E-state index is 12.4. The number of nitro groups is 1. The molecule has 5 aromatic rings. The van der Waals surface area contributed by atoms with Gasteiger partial charge in [-0.3, -0.25) is 14.9 Å². The molecule has 184 valence electrons. The van der Waals surface area contributed by atoms with Gasteiger partial charge >= 0.3 is 5.91 Å². The number of benzene rings is 4. The molecule has 4 aromatic carbocycles. The molecule has 9 heteroatoms. The molecule has 0 aliphatic heterocycles. The van der Waals surface area contributed by atoms with Gasteiger partial charge in [0.2, 0.25) is 0 Å². The Morgan fingerprint density at radius 2 is 1.81 bits per heavy atom. The van der Waals surface area contributed by atoms with Gasteiger partial charge in [-0.15, -0.1) is 0 Å². The van der Waals surface area contributed by atoms with E-state index in [1.54, 1.807) is 25.3 Å². The first-order valence-corrected chi connectivity index (χ1v) is 11.3. The highest BCUT2D eigenvalue weighted by atomic mass is 16.6. The number of hydrogen-bond donors (Lipinski definition) is 1. The van der Waals surface area contributed by atoms with Crippen molar-refractivity contribution in [1.29, 1.82) is 0 Å². The molecule has 1 N–H and O–H groups in total. The van der Waals surface area contributed by atoms with Crippen molar-refractivity contribution in [3.8, 4) is 11.5 Å². The van der Waals surface area contributed by atoms with E-state index < -0.39 is 10.8 Å². The second-order valence-electron chi connectivity index (χ2n) is 8.17. The Labute approximate surface area is 211 Å². The van der Waals surface area contributed by atoms with E-state index in [2.05, 4.69) is 34.8 Å². The Morgan fingerprint density at radius 1 is 0.973 bits per heavy atom. The lowest BCUT2D eigenvalue weighted by molar-refractivity contribution is -0.384. The van der Waals surface area contributed by atoms with Crippen molar-refractivity contribution >= 4 is 39.6 Å². The van der Waals surface area contributed by atoms with Gasteiger partial charge in [0.1, 0.15) is 12.2 Å². The molecule has 1 amide bonds. The molecule has 0 unspecified atom stereocenters. The normalized spacial score (nSPS) is 11.2. The molecule has 0 radical (unpaired) electrons. The van der Waals surface area contributed by atoms with Crippen LogP contribution in [0.5, 0.6) is 11.5 Å². The van der Waals surface area contributed by atoms with Crippen LogP contribution in [0.4, 0.5) is 5.69 Å². The number of amides is 1. The molecular weight excluding hydrogens is 474 g/mol. The number of nitro benzene ring substituents is 1. The molecule has 0 atom stereocenters. The SMILES string of the molecule is COc1cc(/C=N/NC(=O)c2cc3cc([N+](=O)[O-])ccc3o2)ccc1OCc1ccc2ccccc2c1. The van der Waals surface area contributed by atoms with Crippen molar-refractivity contribution in [3.05, 3.63) is 112 Å². The van der Waals surface area contributed by atoms with Crippen LogP contribution in [0.3, 0.4) is 0 Å². The first kappa shape index (κ1) is 23.6. The Bertz CT molecular complexity index is 1660. The van der Waals surface area contributed by atoms with E-state index in [-0.39, 0.29) is 11.4 Å². The number of rotatable bonds is 8. The number of methoxy groups -OCH3 is 1. The van der Waals surface area contributed by atoms with Crippen LogP contribution in [-0.4, -0.2) is 24.2 Å². The van der Waals surface area contributed by atoms with Gasteiger partial charge in [0, 0.05) is 17.5 Å². The highest BCUT2D eigenvalue weighted by molar-refractivity contribution is 5.97. The topological polar surface area (TPSA) is 116 Å². The van der Waals surface area contributed by atoms with Gasteiger partial charge in [-0.25, -0.2) is 5.43 Å². The van der Waals surface area contributed by atoms with Crippen LogP contribution in [0.2, 0.25) is 0 Å². The second-order valence-corrected chi connectivity index (χ2v) is 8.17. The smallest absolute Gasteiger partial charge is 0.307 e. The van der Waals surface area contributed by atoms with Crippen molar-refractivity contribution in [2.75, 3.05) is 7.11 Å². The zero-order chi connectivity index (χ0) is 25.8. The Balaban J connectivity index is 1.23. The Hall–Kier alpha value is -5.18. The van der Waals surface area contributed by atoms with Crippen LogP contribution in [-0.2, 0) is 6.61 Å². The average Bonchev–Trinajstić information content (AvgIpc) is 3.36. The summed E-state index contributed by atoms with van der Waals surface area (Å²) in [7, 11) is 1.55. The maximum Gasteiger partial charge on any atom is 0.307 e. The Morgan fingerprint density at radius 3 is 2.62 bits per heavy atom. The quantitative estimate of drug-likeness (QED) is 0.164. The molecule has 1 heterocycles. The highest BCUT2D eigenvalue weighted by Crippen LogP contribution is 2.29. The predicted molar refractivity (Wildman–Crippen MR) is 139 cm³/mol. The standard InChI is InChI=1S/C28H21N3O6/c1-35-26-13-18(7-10-25(26)36-17-19-6-8-20-4-2-3-5-21(20)12-19)16-29-30-28(32)27-15-22-14-23(31(33)34)9-11-24(22)37-27/h2-16H,17H2,1H3,(H,30,32)/b29-16+. The molecular formula is C28H21N3O6. The molecule has 0 saturated carbocycles. The van der Waals surface area contributed by atoms with E-state index in [4.69, 9.17) is 13.9 Å². The summed E-state index contributed by atoms with van der Waals surface area (Å²) in [5.74, 6) is 0.503. The summed E-state index contributed by atoms with van der Waals surface area (Å²) in [6.45, 7) is 0.380. The molecule has 37 heavy (non-hydrogen) atoms. The van der Waals surface area contributed by atoms with E-state index >= 15 is 0 Å². The molecule has 0 saturated heterocycles. The van der Waals surface area contributed by atoms with Crippen molar-refractivity contribution in [3.63, 3.8) is 0 Å². The summed E-state index contributed by atoms with van der Waals surface area (Å²) >= 11 is 0. The van der Waals surface area contributed by atoms with Crippen molar-refractivity contribution in [2.24, 2.45) is 5.10 Å². The summed E-state index contributed by atoms with van der Waals surface area (Å²) in [5.41, 5.74) is 4.38. The second kappa shape index (κ2) is 10.2. The molecule has 9 nitrogen and oxygen atoms in total. The number of non-ortho nitro benzene ring substituents is 1. The van der Waals surface area contributed by atoms with E-state index in [0.717, 1.165) is 10.9 Å².